The van der Waals surface area contributed by atoms with Gasteiger partial charge in [0.25, 0.3) is 0 Å². The number of pyridine rings is 1. The molecule has 0 amide bonds. The minimum absolute atomic E-state index is 0.00330. The average molecular weight is 1720 g/mol. The van der Waals surface area contributed by atoms with Crippen molar-refractivity contribution in [1.29, 1.82) is 0 Å². The quantitative estimate of drug-likeness (QED) is 0.0997. The van der Waals surface area contributed by atoms with Gasteiger partial charge in [-0.25, -0.2) is 0 Å². The Bertz CT molecular complexity index is 6450. The first kappa shape index (κ1) is 90.8. The van der Waals surface area contributed by atoms with E-state index in [1.54, 1.807) is 0 Å². The molecule has 0 aliphatic heterocycles. The van der Waals surface area contributed by atoms with E-state index in [1.807, 2.05) is 6.20 Å². The van der Waals surface area contributed by atoms with E-state index in [0.717, 1.165) is 88.8 Å². The van der Waals surface area contributed by atoms with Crippen molar-refractivity contribution in [3.63, 3.8) is 0 Å². The van der Waals surface area contributed by atoms with E-state index in [-0.39, 0.29) is 43.3 Å². The van der Waals surface area contributed by atoms with Crippen molar-refractivity contribution in [2.75, 3.05) is 0 Å². The topological polar surface area (TPSA) is 12.9 Å². The summed E-state index contributed by atoms with van der Waals surface area (Å²) in [6.07, 6.45) is 2.03. The van der Waals surface area contributed by atoms with Crippen molar-refractivity contribution in [1.82, 2.24) is 4.98 Å². The number of benzene rings is 16. The third kappa shape index (κ3) is 19.9. The van der Waals surface area contributed by atoms with Crippen LogP contribution in [0, 0.1) is 0 Å². The van der Waals surface area contributed by atoms with Gasteiger partial charge in [0.15, 0.2) is 0 Å². The number of rotatable bonds is 15. The van der Waals surface area contributed by atoms with E-state index >= 15 is 0 Å². The van der Waals surface area contributed by atoms with E-state index in [9.17, 15) is 0 Å². The second-order valence-electron chi connectivity index (χ2n) is 45.6. The Hall–Kier alpha value is -13.1. The Morgan fingerprint density at radius 3 is 0.485 bits per heavy atom. The lowest BCUT2D eigenvalue weighted by molar-refractivity contribution is 0.590. The number of nitrogens with zero attached hydrogens (tertiary/aromatic N) is 1. The fourth-order valence-corrected chi connectivity index (χ4v) is 18.6. The Kier molecular flexibility index (Phi) is 24.0. The summed E-state index contributed by atoms with van der Waals surface area (Å²) in [5.41, 5.74) is 44.7. The van der Waals surface area contributed by atoms with Gasteiger partial charge in [-0.2, -0.15) is 0 Å². The summed E-state index contributed by atoms with van der Waals surface area (Å²) in [6.45, 7) is 55.1. The van der Waals surface area contributed by atoms with Gasteiger partial charge in [-0.3, -0.25) is 4.98 Å². The highest BCUT2D eigenvalue weighted by atomic mass is 14.7. The number of aromatic nitrogens is 1. The standard InChI is InChI=1S/C131H131N/c1-124(2,3)112-47-31-84(32-48-112)94-66-95(85-33-49-113(50-34-85)125(4,5)6)71-103(70-94)107-78-102(79-108(80-107)104-72-96(86-35-51-114(52-36-86)126(7,8)9)67-97(73-104)87-37-53-115(54-38-87)127(10,11)12)92-27-25-28-93(65-92)123-122-30-26-29-120(121(122)63-64-132-123)111-82-109(105-74-98(88-39-55-116(56-40-88)128(13,14)15)68-99(75-105)89-41-57-117(58-42-89)129(16,17)18)81-110(83-111)106-76-100(90-43-59-118(60-44-90)130(19,20)21)69-101(77-106)91-45-61-119(62-46-91)131(22,23)24/h25-83H,1-24H3. The van der Waals surface area contributed by atoms with Crippen molar-refractivity contribution in [3.8, 4) is 167 Å². The monoisotopic (exact) mass is 1720 g/mol. The Labute approximate surface area is 789 Å². The molecule has 0 radical (unpaired) electrons. The van der Waals surface area contributed by atoms with Gasteiger partial charge in [-0.1, -0.05) is 397 Å². The molecule has 1 aromatic heterocycles. The number of hydrogen-bond acceptors (Lipinski definition) is 1. The van der Waals surface area contributed by atoms with Crippen molar-refractivity contribution in [3.05, 3.63) is 403 Å². The highest BCUT2D eigenvalue weighted by Crippen LogP contribution is 2.48. The highest BCUT2D eigenvalue weighted by Gasteiger charge is 2.26. The molecule has 0 saturated heterocycles. The number of fused-ring (bicyclic) bond motifs is 1. The number of hydrogen-bond donors (Lipinski definition) is 0. The molecule has 0 aliphatic carbocycles. The van der Waals surface area contributed by atoms with Crippen LogP contribution in [0.4, 0.5) is 0 Å². The van der Waals surface area contributed by atoms with Gasteiger partial charge in [0.05, 0.1) is 5.69 Å². The molecule has 132 heavy (non-hydrogen) atoms. The van der Waals surface area contributed by atoms with Gasteiger partial charge in [0.1, 0.15) is 0 Å². The molecule has 1 heteroatoms. The van der Waals surface area contributed by atoms with Crippen LogP contribution in [0.1, 0.15) is 211 Å². The normalized spacial score (nSPS) is 12.5. The molecule has 0 saturated carbocycles. The predicted octanol–water partition coefficient (Wildman–Crippen LogP) is 37.6. The maximum Gasteiger partial charge on any atom is 0.0780 e. The molecular weight excluding hydrogens is 1590 g/mol. The fourth-order valence-electron chi connectivity index (χ4n) is 18.6. The van der Waals surface area contributed by atoms with Gasteiger partial charge in [0, 0.05) is 17.1 Å². The summed E-state index contributed by atoms with van der Waals surface area (Å²) < 4.78 is 0. The molecule has 0 atom stereocenters. The lowest BCUT2D eigenvalue weighted by atomic mass is 9.84. The molecule has 0 fully saturated rings. The van der Waals surface area contributed by atoms with Crippen molar-refractivity contribution in [2.45, 2.75) is 209 Å². The molecule has 1 heterocycles. The molecule has 16 aromatic carbocycles. The fraction of sp³-hybridized carbons (Fsp3) is 0.244. The van der Waals surface area contributed by atoms with Crippen molar-refractivity contribution < 1.29 is 0 Å². The lowest BCUT2D eigenvalue weighted by Crippen LogP contribution is -2.10. The van der Waals surface area contributed by atoms with E-state index in [0.29, 0.717) is 0 Å². The van der Waals surface area contributed by atoms with E-state index in [4.69, 9.17) is 4.98 Å². The first-order valence-electron chi connectivity index (χ1n) is 47.6. The molecule has 0 bridgehead atoms. The van der Waals surface area contributed by atoms with Crippen molar-refractivity contribution in [2.24, 2.45) is 0 Å². The van der Waals surface area contributed by atoms with Gasteiger partial charge in [-0.05, 0) is 370 Å². The zero-order valence-corrected chi connectivity index (χ0v) is 82.5. The lowest BCUT2D eigenvalue weighted by Gasteiger charge is -2.21. The summed E-state index contributed by atoms with van der Waals surface area (Å²) in [5.74, 6) is 0. The van der Waals surface area contributed by atoms with Crippen molar-refractivity contribution >= 4 is 10.8 Å². The minimum Gasteiger partial charge on any atom is -0.256 e. The smallest absolute Gasteiger partial charge is 0.0780 e. The first-order chi connectivity index (χ1) is 62.3. The van der Waals surface area contributed by atoms with Gasteiger partial charge >= 0.3 is 0 Å². The van der Waals surface area contributed by atoms with Gasteiger partial charge in [-0.15, -0.1) is 0 Å². The SMILES string of the molecule is CC(C)(C)c1ccc(-c2cc(-c3ccc(C(C)(C)C)cc3)cc(-c3cc(-c4cc(-c5ccc(C(C)(C)C)cc5)cc(-c5ccc(C(C)(C)C)cc5)c4)cc(-c4cccc(-c5nccc6c(-c7cc(-c8cc(-c9ccc(C(C)(C)C)cc9)cc(-c9ccc(C(C)(C)C)cc9)c8)cc(-c8cc(-c9ccc(C(C)(C)C)cc9)cc(-c9ccc(C(C)(C)C)cc9)c8)c7)cccc56)c4)c3)c2)cc1. The van der Waals surface area contributed by atoms with Crippen LogP contribution < -0.4 is 0 Å². The Morgan fingerprint density at radius 2 is 0.288 bits per heavy atom. The molecular formula is C131H131N. The van der Waals surface area contributed by atoms with Crippen LogP contribution >= 0.6 is 0 Å². The molecule has 1 nitrogen and oxygen atoms in total. The van der Waals surface area contributed by atoms with Crippen LogP contribution in [0.25, 0.3) is 178 Å². The van der Waals surface area contributed by atoms with E-state index in [2.05, 4.69) is 518 Å². The Morgan fingerprint density at radius 1 is 0.129 bits per heavy atom. The zero-order chi connectivity index (χ0) is 93.5. The van der Waals surface area contributed by atoms with E-state index in [1.165, 1.54) is 134 Å². The van der Waals surface area contributed by atoms with Crippen LogP contribution in [0.2, 0.25) is 0 Å². The largest absolute Gasteiger partial charge is 0.256 e. The summed E-state index contributed by atoms with van der Waals surface area (Å²) in [4.78, 5) is 5.46. The predicted molar refractivity (Wildman–Crippen MR) is 573 cm³/mol. The second kappa shape index (κ2) is 34.9. The summed E-state index contributed by atoms with van der Waals surface area (Å²) in [5, 5.41) is 2.19. The van der Waals surface area contributed by atoms with Crippen LogP contribution in [0.3, 0.4) is 0 Å². The molecule has 0 spiro atoms. The van der Waals surface area contributed by atoms with Crippen LogP contribution in [0.5, 0.6) is 0 Å². The summed E-state index contributed by atoms with van der Waals surface area (Å²) >= 11 is 0. The van der Waals surface area contributed by atoms with Gasteiger partial charge in [0.2, 0.25) is 0 Å². The highest BCUT2D eigenvalue weighted by molar-refractivity contribution is 6.05. The maximum absolute atomic E-state index is 5.46. The zero-order valence-electron chi connectivity index (χ0n) is 82.5. The van der Waals surface area contributed by atoms with E-state index < -0.39 is 0 Å². The molecule has 0 unspecified atom stereocenters. The molecule has 660 valence electrons. The molecule has 0 N–H and O–H groups in total. The summed E-state index contributed by atoms with van der Waals surface area (Å²) in [7, 11) is 0. The third-order valence-electron chi connectivity index (χ3n) is 27.2. The third-order valence-corrected chi connectivity index (χ3v) is 27.2. The minimum atomic E-state index is 0.00330. The van der Waals surface area contributed by atoms with Crippen LogP contribution in [-0.4, -0.2) is 4.98 Å². The first-order valence-corrected chi connectivity index (χ1v) is 47.6. The average Bonchev–Trinajstić information content (AvgIpc) is 0.751. The molecule has 0 aliphatic rings. The molecule has 17 aromatic rings. The Balaban J connectivity index is 0.867. The summed E-state index contributed by atoms with van der Waals surface area (Å²) in [6, 6.07) is 136. The van der Waals surface area contributed by atoms with Crippen LogP contribution in [-0.2, 0) is 43.3 Å². The second-order valence-corrected chi connectivity index (χ2v) is 45.6. The maximum atomic E-state index is 5.46. The van der Waals surface area contributed by atoms with Crippen LogP contribution in [0.15, 0.2) is 358 Å². The van der Waals surface area contributed by atoms with Gasteiger partial charge < -0.3 is 0 Å². The molecule has 17 rings (SSSR count).